The number of carbonyl (C=O) groups excluding carboxylic acids is 2. The van der Waals surface area contributed by atoms with E-state index in [1.165, 1.54) is 11.8 Å². The highest BCUT2D eigenvalue weighted by atomic mass is 127. The average molecular weight is 742 g/mol. The molecule has 160 valence electrons. The summed E-state index contributed by atoms with van der Waals surface area (Å²) < 4.78 is 1.36. The zero-order chi connectivity index (χ0) is 22.3. The van der Waals surface area contributed by atoms with Crippen LogP contribution in [0.5, 0.6) is 0 Å². The molecule has 0 aliphatic rings. The van der Waals surface area contributed by atoms with Gasteiger partial charge in [-0.2, -0.15) is 0 Å². The monoisotopic (exact) mass is 742 g/mol. The van der Waals surface area contributed by atoms with Gasteiger partial charge in [-0.05, 0) is 80.6 Å². The number of carboxylic acid groups (broad SMARTS) is 2. The van der Waals surface area contributed by atoms with E-state index >= 15 is 0 Å². The molecule has 2 amide bonds. The van der Waals surface area contributed by atoms with Crippen LogP contribution in [0, 0.1) is 10.7 Å². The average Bonchev–Trinajstić information content (AvgIpc) is 2.60. The van der Waals surface area contributed by atoms with Crippen LogP contribution in [0.4, 0.5) is 11.4 Å². The molecule has 0 fully saturated rings. The maximum Gasteiger partial charge on any atom is 0.338 e. The van der Waals surface area contributed by atoms with Crippen molar-refractivity contribution >= 4 is 103 Å². The number of benzene rings is 1. The zero-order valence-corrected chi connectivity index (χ0v) is 22.3. The van der Waals surface area contributed by atoms with Gasteiger partial charge in [-0.1, -0.05) is 13.3 Å². The van der Waals surface area contributed by atoms with Crippen molar-refractivity contribution in [3.8, 4) is 0 Å². The van der Waals surface area contributed by atoms with E-state index in [1.54, 1.807) is 0 Å². The smallest absolute Gasteiger partial charge is 0.338 e. The van der Waals surface area contributed by atoms with Crippen LogP contribution >= 0.6 is 67.8 Å². The topological polar surface area (TPSA) is 124 Å². The molecular formula is C18H21I3N2O6. The lowest BCUT2D eigenvalue weighted by Crippen LogP contribution is -2.32. The van der Waals surface area contributed by atoms with Gasteiger partial charge in [0.05, 0.1) is 27.6 Å². The Balaban J connectivity index is 3.47. The molecule has 1 rings (SSSR count). The summed E-state index contributed by atoms with van der Waals surface area (Å²) in [4.78, 5) is 48.7. The molecule has 0 radical (unpaired) electrons. The van der Waals surface area contributed by atoms with E-state index < -0.39 is 17.8 Å². The summed E-state index contributed by atoms with van der Waals surface area (Å²) in [5.41, 5.74) is 0.804. The van der Waals surface area contributed by atoms with Gasteiger partial charge in [-0.15, -0.1) is 0 Å². The Morgan fingerprint density at radius 3 is 2.07 bits per heavy atom. The predicted molar refractivity (Wildman–Crippen MR) is 135 cm³/mol. The molecule has 29 heavy (non-hydrogen) atoms. The second-order valence-electron chi connectivity index (χ2n) is 6.17. The Morgan fingerprint density at radius 1 is 0.966 bits per heavy atom. The molecule has 0 atom stereocenters. The lowest BCUT2D eigenvalue weighted by atomic mass is 10.1. The maximum atomic E-state index is 12.3. The Hall–Kier alpha value is -0.710. The number of hydrogen-bond acceptors (Lipinski definition) is 4. The Kier molecular flexibility index (Phi) is 11.1. The van der Waals surface area contributed by atoms with Gasteiger partial charge in [-0.3, -0.25) is 14.4 Å². The summed E-state index contributed by atoms with van der Waals surface area (Å²) in [7, 11) is 0. The van der Waals surface area contributed by atoms with Crippen LogP contribution in [0.1, 0.15) is 56.3 Å². The summed E-state index contributed by atoms with van der Waals surface area (Å²) in [6.45, 7) is 3.85. The van der Waals surface area contributed by atoms with Gasteiger partial charge in [0.1, 0.15) is 0 Å². The SMILES string of the molecule is CCCCN(C(C)=O)c1c(I)c(NC(=O)CCCC(=O)O)c(I)c(C(=O)O)c1I. The van der Waals surface area contributed by atoms with Gasteiger partial charge in [0, 0.05) is 26.3 Å². The predicted octanol–water partition coefficient (Wildman–Crippen LogP) is 4.55. The molecule has 1 aromatic carbocycles. The maximum absolute atomic E-state index is 12.3. The van der Waals surface area contributed by atoms with E-state index in [1.807, 2.05) is 74.7 Å². The Bertz CT molecular complexity index is 829. The summed E-state index contributed by atoms with van der Waals surface area (Å²) in [6, 6.07) is 0. The van der Waals surface area contributed by atoms with Crippen molar-refractivity contribution in [2.75, 3.05) is 16.8 Å². The summed E-state index contributed by atoms with van der Waals surface area (Å²) in [6.07, 6.45) is 1.65. The van der Waals surface area contributed by atoms with Crippen LogP contribution in [-0.2, 0) is 14.4 Å². The van der Waals surface area contributed by atoms with Gasteiger partial charge < -0.3 is 20.4 Å². The molecule has 8 nitrogen and oxygen atoms in total. The number of carboxylic acids is 2. The molecule has 0 saturated heterocycles. The van der Waals surface area contributed by atoms with Crippen LogP contribution in [-0.4, -0.2) is 40.5 Å². The van der Waals surface area contributed by atoms with E-state index in [0.29, 0.717) is 28.6 Å². The first-order chi connectivity index (χ1) is 13.5. The second kappa shape index (κ2) is 12.2. The molecule has 11 heteroatoms. The van der Waals surface area contributed by atoms with E-state index in [2.05, 4.69) is 5.32 Å². The number of amides is 2. The van der Waals surface area contributed by atoms with Crippen molar-refractivity contribution in [2.24, 2.45) is 0 Å². The number of nitrogens with one attached hydrogen (secondary N) is 1. The fourth-order valence-electron chi connectivity index (χ4n) is 2.53. The molecule has 3 N–H and O–H groups in total. The van der Waals surface area contributed by atoms with Crippen LogP contribution in [0.2, 0.25) is 0 Å². The van der Waals surface area contributed by atoms with Gasteiger partial charge in [-0.25, -0.2) is 4.79 Å². The van der Waals surface area contributed by atoms with E-state index in [0.717, 1.165) is 12.8 Å². The Labute approximate surface area is 209 Å². The highest BCUT2D eigenvalue weighted by Crippen LogP contribution is 2.41. The number of nitrogens with zero attached hydrogens (tertiary/aromatic N) is 1. The number of aliphatic carboxylic acids is 1. The van der Waals surface area contributed by atoms with Crippen LogP contribution in [0.25, 0.3) is 0 Å². The van der Waals surface area contributed by atoms with Gasteiger partial charge >= 0.3 is 11.9 Å². The lowest BCUT2D eigenvalue weighted by Gasteiger charge is -2.27. The molecule has 0 bridgehead atoms. The zero-order valence-electron chi connectivity index (χ0n) is 15.9. The third kappa shape index (κ3) is 7.18. The molecule has 0 saturated carbocycles. The molecule has 0 aromatic heterocycles. The number of unbranched alkanes of at least 4 members (excludes halogenated alkanes) is 1. The first-order valence-corrected chi connectivity index (χ1v) is 12.0. The van der Waals surface area contributed by atoms with Crippen LogP contribution < -0.4 is 10.2 Å². The highest BCUT2D eigenvalue weighted by molar-refractivity contribution is 14.1. The summed E-state index contributed by atoms with van der Waals surface area (Å²) in [5.74, 6) is -2.77. The minimum absolute atomic E-state index is 0.00551. The van der Waals surface area contributed by atoms with Crippen molar-refractivity contribution < 1.29 is 29.4 Å². The summed E-state index contributed by atoms with van der Waals surface area (Å²) in [5, 5.41) is 21.2. The molecular weight excluding hydrogens is 721 g/mol. The molecule has 0 unspecified atom stereocenters. The van der Waals surface area contributed by atoms with Crippen molar-refractivity contribution in [1.29, 1.82) is 0 Å². The van der Waals surface area contributed by atoms with Crippen molar-refractivity contribution in [2.45, 2.75) is 46.0 Å². The van der Waals surface area contributed by atoms with Crippen molar-refractivity contribution in [3.63, 3.8) is 0 Å². The minimum atomic E-state index is -1.16. The lowest BCUT2D eigenvalue weighted by molar-refractivity contribution is -0.137. The standard InChI is InChI=1S/C18H21I3N2O6/c1-3-4-8-23(9(2)24)17-14(20)12(18(28)29)13(19)16(15(17)21)22-10(25)6-5-7-11(26)27/h3-8H2,1-2H3,(H,22,25)(H,26,27)(H,28,29). The third-order valence-electron chi connectivity index (χ3n) is 3.95. The number of carbonyl (C=O) groups is 4. The number of anilines is 2. The molecule has 1 aromatic rings. The number of aromatic carboxylic acids is 1. The van der Waals surface area contributed by atoms with Crippen molar-refractivity contribution in [1.82, 2.24) is 0 Å². The number of halogens is 3. The number of rotatable bonds is 10. The first kappa shape index (κ1) is 26.3. The minimum Gasteiger partial charge on any atom is -0.481 e. The molecule has 0 spiro atoms. The number of hydrogen-bond donors (Lipinski definition) is 3. The first-order valence-electron chi connectivity index (χ1n) is 8.76. The van der Waals surface area contributed by atoms with E-state index in [4.69, 9.17) is 5.11 Å². The molecule has 0 aliphatic heterocycles. The van der Waals surface area contributed by atoms with Crippen molar-refractivity contribution in [3.05, 3.63) is 16.3 Å². The molecule has 0 heterocycles. The quantitative estimate of drug-likeness (QED) is 0.303. The van der Waals surface area contributed by atoms with Gasteiger partial charge in [0.25, 0.3) is 0 Å². The summed E-state index contributed by atoms with van der Waals surface area (Å²) >= 11 is 5.81. The fraction of sp³-hybridized carbons (Fsp3) is 0.444. The van der Waals surface area contributed by atoms with Gasteiger partial charge in [0.2, 0.25) is 11.8 Å². The Morgan fingerprint density at radius 2 is 1.59 bits per heavy atom. The molecule has 0 aliphatic carbocycles. The van der Waals surface area contributed by atoms with Gasteiger partial charge in [0.15, 0.2) is 0 Å². The second-order valence-corrected chi connectivity index (χ2v) is 9.40. The normalized spacial score (nSPS) is 10.5. The fourth-order valence-corrected chi connectivity index (χ4v) is 7.01. The highest BCUT2D eigenvalue weighted by Gasteiger charge is 2.29. The van der Waals surface area contributed by atoms with Crippen LogP contribution in [0.3, 0.4) is 0 Å². The van der Waals surface area contributed by atoms with E-state index in [9.17, 15) is 24.3 Å². The largest absolute Gasteiger partial charge is 0.481 e. The van der Waals surface area contributed by atoms with E-state index in [-0.39, 0.29) is 30.7 Å². The third-order valence-corrected chi connectivity index (χ3v) is 7.13. The van der Waals surface area contributed by atoms with Crippen LogP contribution in [0.15, 0.2) is 0 Å².